The monoisotopic (exact) mass is 1540 g/mol. The van der Waals surface area contributed by atoms with Gasteiger partial charge in [-0.05, 0) is 48.6 Å². The lowest BCUT2D eigenvalue weighted by atomic mass is 10.0. The van der Waals surface area contributed by atoms with Crippen molar-refractivity contribution in [3.8, 4) is 5.88 Å². The molecule has 2 saturated heterocycles. The summed E-state index contributed by atoms with van der Waals surface area (Å²) in [5.74, 6) is -5.05. The summed E-state index contributed by atoms with van der Waals surface area (Å²) in [4.78, 5) is 138. The summed E-state index contributed by atoms with van der Waals surface area (Å²) >= 11 is 0. The molecule has 0 radical (unpaired) electrons. The zero-order valence-corrected chi connectivity index (χ0v) is 61.1. The highest BCUT2D eigenvalue weighted by atomic mass is 31.2. The fourth-order valence-electron chi connectivity index (χ4n) is 11.1. The molecule has 7 amide bonds. The van der Waals surface area contributed by atoms with Crippen molar-refractivity contribution in [3.05, 3.63) is 113 Å². The van der Waals surface area contributed by atoms with Crippen LogP contribution in [0.25, 0.3) is 11.2 Å². The largest absolute Gasteiger partial charge is 0.697 e. The molecule has 5 aromatic rings. The van der Waals surface area contributed by atoms with Crippen LogP contribution >= 0.6 is 16.9 Å². The number of fused-ring (bicyclic) bond motifs is 4. The van der Waals surface area contributed by atoms with E-state index < -0.39 is 138 Å². The molecule has 1 saturated carbocycles. The van der Waals surface area contributed by atoms with Crippen molar-refractivity contribution in [2.45, 2.75) is 95.6 Å². The standard InChI is InChI=1S/C67H88N12O26P2/c1-42(2)56(73-52(80)36-78-54(81)13-14-55(78)82)63(86)71-43(3)61(84)72-47-11-9-44(10-12-47)37-99-67(88)77(17-18-92-21-22-94-25-26-96-29-30-98-32-31-97-28-27-95-24-23-93-20-19-91-4)35-45-7-5-6-8-49(45)62(85)75-66-74-60-57(64(87)76-66)70-41-79(60)65-59-58(83)51(103-65)39-101-106(89)104-50-34-48(102-53-15-16-68-40-69-53)33-46(50)38-100-107(90)105-59/h5-16,40-43,46,48,50-51,56,58-59,65,83,89H,17-39H2,1-4H3,(H4-,71,72,73,74,75,76,80,84,85,86,87)/p+1/t43-,46+,48+,50-,51+,56-,58+,59+,65+,106?/m0/s1. The molecule has 9 rings (SSSR count). The predicted octanol–water partition coefficient (Wildman–Crippen LogP) is 2.38. The topological polar surface area (TPSA) is 459 Å². The third kappa shape index (κ3) is 25.6. The maximum atomic E-state index is 14.4. The Morgan fingerprint density at radius 3 is 2.05 bits per heavy atom. The number of amides is 7. The number of aromatic nitrogens is 6. The number of benzene rings is 2. The number of imidazole rings is 1. The van der Waals surface area contributed by atoms with Crippen molar-refractivity contribution in [1.29, 1.82) is 0 Å². The second kappa shape index (κ2) is 43.0. The Balaban J connectivity index is 0.792. The van der Waals surface area contributed by atoms with Crippen LogP contribution in [0.1, 0.15) is 61.3 Å². The fraction of sp³-hybridized carbons (Fsp3) is 0.552. The van der Waals surface area contributed by atoms with E-state index in [1.165, 1.54) is 41.3 Å². The first kappa shape index (κ1) is 82.7. The van der Waals surface area contributed by atoms with Gasteiger partial charge in [-0.3, -0.25) is 53.3 Å². The van der Waals surface area contributed by atoms with E-state index in [4.69, 9.17) is 70.2 Å². The molecule has 107 heavy (non-hydrogen) atoms. The Morgan fingerprint density at radius 1 is 0.766 bits per heavy atom. The van der Waals surface area contributed by atoms with Crippen LogP contribution in [-0.4, -0.2) is 266 Å². The number of imide groups is 1. The number of rotatable bonds is 41. The fourth-order valence-corrected chi connectivity index (χ4v) is 12.8. The van der Waals surface area contributed by atoms with E-state index in [9.17, 15) is 52.9 Å². The lowest BCUT2D eigenvalue weighted by molar-refractivity contribution is -0.141. The summed E-state index contributed by atoms with van der Waals surface area (Å²) in [6, 6.07) is 12.0. The van der Waals surface area contributed by atoms with Gasteiger partial charge in [0.2, 0.25) is 29.5 Å². The number of H-pyrrole nitrogens is 1. The molecule has 3 aromatic heterocycles. The van der Waals surface area contributed by atoms with Crippen molar-refractivity contribution in [2.75, 3.05) is 143 Å². The quantitative estimate of drug-likeness (QED) is 0.0168. The van der Waals surface area contributed by atoms with Crippen molar-refractivity contribution < 1.29 is 118 Å². The number of aliphatic hydroxyl groups excluding tert-OH is 1. The summed E-state index contributed by atoms with van der Waals surface area (Å²) in [5.41, 5.74) is 0.0269. The molecule has 6 heterocycles. The van der Waals surface area contributed by atoms with E-state index in [2.05, 4.69) is 46.2 Å². The predicted molar refractivity (Wildman–Crippen MR) is 374 cm³/mol. The zero-order chi connectivity index (χ0) is 76.0. The Hall–Kier alpha value is -8.37. The molecule has 2 aromatic carbocycles. The van der Waals surface area contributed by atoms with Crippen LogP contribution in [-0.2, 0) is 107 Å². The minimum atomic E-state index is -2.97. The molecule has 11 atom stereocenters. The lowest BCUT2D eigenvalue weighted by Crippen LogP contribution is -2.55. The van der Waals surface area contributed by atoms with Gasteiger partial charge in [0, 0.05) is 72.8 Å². The van der Waals surface area contributed by atoms with Gasteiger partial charge in [0.05, 0.1) is 118 Å². The number of carbonyl (C=O) groups excluding carboxylic acids is 7. The van der Waals surface area contributed by atoms with Gasteiger partial charge < -0.3 is 92.0 Å². The van der Waals surface area contributed by atoms with Crippen LogP contribution < -0.4 is 31.6 Å². The Kier molecular flexibility index (Phi) is 33.2. The molecule has 2 bridgehead atoms. The van der Waals surface area contributed by atoms with Crippen molar-refractivity contribution in [2.24, 2.45) is 11.8 Å². The van der Waals surface area contributed by atoms with Crippen molar-refractivity contribution in [3.63, 3.8) is 0 Å². The van der Waals surface area contributed by atoms with Crippen LogP contribution in [0.3, 0.4) is 0 Å². The number of ether oxygens (including phenoxy) is 11. The van der Waals surface area contributed by atoms with E-state index in [0.29, 0.717) is 108 Å². The molecular formula is C67H89N12O26P2+. The highest BCUT2D eigenvalue weighted by Gasteiger charge is 2.53. The SMILES string of the molecule is COCCOCCOCCOCCOCCOCCOCCOCCN(Cc1ccccc1C(=O)Nc1nc2c(ncn2[C@@H]2O[C@@H]3COP(O)O[C@H]4C[C@H](Oc5ccncn5)C[C@@H]4CO[P+](=O)O[C@@H]2[C@@H]3O)c(=O)[nH]1)C(=O)OCc1ccc(NC(=O)[C@H](C)NC(=O)[C@@H](NC(=O)CN2C(=O)C=CC2=O)C(C)C)cc1. The van der Waals surface area contributed by atoms with Crippen molar-refractivity contribution >= 4 is 81.2 Å². The smallest absolute Gasteiger partial charge is 0.474 e. The minimum absolute atomic E-state index is 0.00686. The van der Waals surface area contributed by atoms with Crippen LogP contribution in [0.4, 0.5) is 16.4 Å². The highest BCUT2D eigenvalue weighted by Crippen LogP contribution is 2.47. The van der Waals surface area contributed by atoms with Gasteiger partial charge in [-0.25, -0.2) is 19.7 Å². The number of aromatic amines is 1. The van der Waals surface area contributed by atoms with Crippen LogP contribution in [0.15, 0.2) is 90.4 Å². The third-order valence-electron chi connectivity index (χ3n) is 16.7. The summed E-state index contributed by atoms with van der Waals surface area (Å²) in [6.07, 6.45) is -0.744. The first-order chi connectivity index (χ1) is 51.8. The lowest BCUT2D eigenvalue weighted by Gasteiger charge is -2.24. The summed E-state index contributed by atoms with van der Waals surface area (Å²) in [7, 11) is -3.92. The second-order valence-electron chi connectivity index (χ2n) is 24.7. The molecule has 0 spiro atoms. The normalized spacial score (nSPS) is 21.1. The van der Waals surface area contributed by atoms with Gasteiger partial charge in [-0.1, -0.05) is 44.2 Å². The average Bonchev–Trinajstić information content (AvgIpc) is 1.61. The maximum Gasteiger partial charge on any atom is 0.697 e. The number of aliphatic hydroxyl groups is 1. The number of nitrogens with zero attached hydrogens (tertiary/aromatic N) is 7. The molecule has 40 heteroatoms. The first-order valence-corrected chi connectivity index (χ1v) is 36.7. The molecule has 3 aliphatic heterocycles. The number of methoxy groups -OCH3 is 1. The second-order valence-corrected chi connectivity index (χ2v) is 26.6. The van der Waals surface area contributed by atoms with Crippen molar-refractivity contribution in [1.82, 2.24) is 49.9 Å². The molecule has 7 N–H and O–H groups in total. The van der Waals surface area contributed by atoms with Crippen LogP contribution in [0.5, 0.6) is 5.88 Å². The Bertz CT molecular complexity index is 3810. The number of hydrogen-bond donors (Lipinski definition) is 7. The highest BCUT2D eigenvalue weighted by molar-refractivity contribution is 7.40. The molecular weight excluding hydrogens is 1450 g/mol. The third-order valence-corrected chi connectivity index (χ3v) is 18.3. The van der Waals surface area contributed by atoms with E-state index in [-0.39, 0.29) is 75.4 Å². The molecule has 4 aliphatic rings. The summed E-state index contributed by atoms with van der Waals surface area (Å²) in [5, 5.41) is 22.0. The van der Waals surface area contributed by atoms with Gasteiger partial charge in [0.25, 0.3) is 23.3 Å². The van der Waals surface area contributed by atoms with Gasteiger partial charge in [-0.2, -0.15) is 4.98 Å². The van der Waals surface area contributed by atoms with Gasteiger partial charge in [0.1, 0.15) is 56.5 Å². The van der Waals surface area contributed by atoms with E-state index in [0.717, 1.165) is 17.1 Å². The summed E-state index contributed by atoms with van der Waals surface area (Å²) < 4.78 is 100.0. The number of carbonyl (C=O) groups is 7. The molecule has 1 aliphatic carbocycles. The van der Waals surface area contributed by atoms with Crippen LogP contribution in [0, 0.1) is 11.8 Å². The van der Waals surface area contributed by atoms with Crippen LogP contribution in [0.2, 0.25) is 0 Å². The maximum absolute atomic E-state index is 14.4. The first-order valence-electron chi connectivity index (χ1n) is 34.5. The molecule has 2 unspecified atom stereocenters. The Labute approximate surface area is 616 Å². The minimum Gasteiger partial charge on any atom is -0.474 e. The van der Waals surface area contributed by atoms with Gasteiger partial charge in [-0.15, -0.1) is 9.05 Å². The average molecular weight is 1540 g/mol. The summed E-state index contributed by atoms with van der Waals surface area (Å²) in [6.45, 7) is 8.32. The number of nitrogens with one attached hydrogen (secondary N) is 5. The zero-order valence-electron chi connectivity index (χ0n) is 59.3. The number of hydrogen-bond acceptors (Lipinski definition) is 30. The molecule has 582 valence electrons. The number of anilines is 2. The molecule has 38 nitrogen and oxygen atoms in total. The van der Waals surface area contributed by atoms with E-state index in [1.54, 1.807) is 69.5 Å². The van der Waals surface area contributed by atoms with Gasteiger partial charge >= 0.3 is 23.0 Å². The van der Waals surface area contributed by atoms with E-state index >= 15 is 0 Å². The van der Waals surface area contributed by atoms with E-state index in [1.807, 2.05) is 0 Å². The Morgan fingerprint density at radius 2 is 1.41 bits per heavy atom. The molecule has 3 fully saturated rings. The van der Waals surface area contributed by atoms with Gasteiger partial charge in [0.15, 0.2) is 23.5 Å².